The summed E-state index contributed by atoms with van der Waals surface area (Å²) in [6.45, 7) is 0. The standard InChI is InChI=1S/C9H6N2S/c10-5-7-1-3-11-9(7)8-2-4-12-6-8/h1-4,6,11H. The second-order valence-electron chi connectivity index (χ2n) is 2.39. The third-order valence-corrected chi connectivity index (χ3v) is 2.36. The first kappa shape index (κ1) is 7.14. The topological polar surface area (TPSA) is 39.6 Å². The Morgan fingerprint density at radius 3 is 3.00 bits per heavy atom. The molecule has 2 aromatic heterocycles. The van der Waals surface area contributed by atoms with Gasteiger partial charge in [0.2, 0.25) is 0 Å². The molecule has 0 aliphatic carbocycles. The molecule has 0 spiro atoms. The maximum absolute atomic E-state index is 8.74. The van der Waals surface area contributed by atoms with Crippen LogP contribution >= 0.6 is 11.3 Å². The van der Waals surface area contributed by atoms with Gasteiger partial charge in [-0.3, -0.25) is 0 Å². The lowest BCUT2D eigenvalue weighted by Gasteiger charge is -1.91. The summed E-state index contributed by atoms with van der Waals surface area (Å²) in [4.78, 5) is 3.04. The van der Waals surface area contributed by atoms with Gasteiger partial charge in [-0.1, -0.05) is 0 Å². The predicted molar refractivity (Wildman–Crippen MR) is 48.8 cm³/mol. The lowest BCUT2D eigenvalue weighted by Crippen LogP contribution is -1.76. The molecule has 0 aliphatic heterocycles. The van der Waals surface area contributed by atoms with Crippen molar-refractivity contribution in [3.05, 3.63) is 34.7 Å². The van der Waals surface area contributed by atoms with Crippen molar-refractivity contribution >= 4 is 11.3 Å². The van der Waals surface area contributed by atoms with Crippen molar-refractivity contribution < 1.29 is 0 Å². The van der Waals surface area contributed by atoms with Crippen LogP contribution in [0.2, 0.25) is 0 Å². The molecule has 0 amide bonds. The van der Waals surface area contributed by atoms with Crippen LogP contribution in [0.1, 0.15) is 5.56 Å². The lowest BCUT2D eigenvalue weighted by atomic mass is 10.2. The maximum atomic E-state index is 8.74. The largest absolute Gasteiger partial charge is 0.360 e. The maximum Gasteiger partial charge on any atom is 0.101 e. The fourth-order valence-electron chi connectivity index (χ4n) is 1.11. The summed E-state index contributed by atoms with van der Waals surface area (Å²) in [5.41, 5.74) is 2.70. The molecule has 2 heterocycles. The molecule has 0 aliphatic rings. The number of nitriles is 1. The number of nitrogens with one attached hydrogen (secondary N) is 1. The number of hydrogen-bond acceptors (Lipinski definition) is 2. The third-order valence-electron chi connectivity index (χ3n) is 1.68. The van der Waals surface area contributed by atoms with Crippen LogP contribution in [0.5, 0.6) is 0 Å². The fourth-order valence-corrected chi connectivity index (χ4v) is 1.75. The lowest BCUT2D eigenvalue weighted by molar-refractivity contribution is 1.40. The zero-order valence-corrected chi connectivity index (χ0v) is 7.06. The van der Waals surface area contributed by atoms with Crippen LogP contribution in [-0.4, -0.2) is 4.98 Å². The van der Waals surface area contributed by atoms with E-state index in [0.717, 1.165) is 11.3 Å². The predicted octanol–water partition coefficient (Wildman–Crippen LogP) is 2.61. The minimum Gasteiger partial charge on any atom is -0.360 e. The van der Waals surface area contributed by atoms with Gasteiger partial charge in [-0.05, 0) is 17.5 Å². The van der Waals surface area contributed by atoms with E-state index in [1.165, 1.54) is 0 Å². The molecule has 12 heavy (non-hydrogen) atoms. The van der Waals surface area contributed by atoms with E-state index < -0.39 is 0 Å². The Kier molecular flexibility index (Phi) is 1.69. The van der Waals surface area contributed by atoms with Crippen LogP contribution in [0.15, 0.2) is 29.1 Å². The number of nitrogens with zero attached hydrogens (tertiary/aromatic N) is 1. The molecule has 0 fully saturated rings. The average molecular weight is 174 g/mol. The van der Waals surface area contributed by atoms with E-state index in [1.807, 2.05) is 16.8 Å². The molecule has 2 rings (SSSR count). The number of aromatic amines is 1. The Morgan fingerprint density at radius 1 is 1.42 bits per heavy atom. The van der Waals surface area contributed by atoms with E-state index >= 15 is 0 Å². The van der Waals surface area contributed by atoms with E-state index in [4.69, 9.17) is 5.26 Å². The van der Waals surface area contributed by atoms with Crippen molar-refractivity contribution in [3.63, 3.8) is 0 Å². The summed E-state index contributed by atoms with van der Waals surface area (Å²) in [5.74, 6) is 0. The number of hydrogen-bond donors (Lipinski definition) is 1. The molecule has 0 aromatic carbocycles. The van der Waals surface area contributed by atoms with Crippen LogP contribution in [0.25, 0.3) is 11.3 Å². The minimum absolute atomic E-state index is 0.702. The van der Waals surface area contributed by atoms with Gasteiger partial charge in [0.15, 0.2) is 0 Å². The number of thiophene rings is 1. The first-order chi connectivity index (χ1) is 5.92. The van der Waals surface area contributed by atoms with Gasteiger partial charge in [0.25, 0.3) is 0 Å². The molecule has 2 aromatic rings. The van der Waals surface area contributed by atoms with Gasteiger partial charge in [-0.15, -0.1) is 0 Å². The third kappa shape index (κ3) is 1.03. The SMILES string of the molecule is N#Cc1cc[nH]c1-c1ccsc1. The first-order valence-electron chi connectivity index (χ1n) is 3.52. The second-order valence-corrected chi connectivity index (χ2v) is 3.17. The molecular weight excluding hydrogens is 168 g/mol. The van der Waals surface area contributed by atoms with E-state index in [9.17, 15) is 0 Å². The molecule has 0 saturated carbocycles. The van der Waals surface area contributed by atoms with Gasteiger partial charge in [0.05, 0.1) is 11.3 Å². The fraction of sp³-hybridized carbons (Fsp3) is 0. The van der Waals surface area contributed by atoms with Crippen LogP contribution in [-0.2, 0) is 0 Å². The summed E-state index contributed by atoms with van der Waals surface area (Å²) in [6, 6.07) is 5.92. The van der Waals surface area contributed by atoms with Crippen molar-refractivity contribution in [1.29, 1.82) is 5.26 Å². The Morgan fingerprint density at radius 2 is 2.33 bits per heavy atom. The van der Waals surface area contributed by atoms with Crippen molar-refractivity contribution in [1.82, 2.24) is 4.98 Å². The van der Waals surface area contributed by atoms with Gasteiger partial charge in [-0.2, -0.15) is 16.6 Å². The quantitative estimate of drug-likeness (QED) is 0.709. The molecule has 0 radical (unpaired) electrons. The number of rotatable bonds is 1. The summed E-state index contributed by atoms with van der Waals surface area (Å²) < 4.78 is 0. The van der Waals surface area contributed by atoms with Gasteiger partial charge >= 0.3 is 0 Å². The first-order valence-corrected chi connectivity index (χ1v) is 4.46. The zero-order valence-electron chi connectivity index (χ0n) is 6.24. The van der Waals surface area contributed by atoms with Crippen molar-refractivity contribution in [2.75, 3.05) is 0 Å². The Labute approximate surface area is 74.1 Å². The monoisotopic (exact) mass is 174 g/mol. The van der Waals surface area contributed by atoms with Crippen LogP contribution in [0, 0.1) is 11.3 Å². The van der Waals surface area contributed by atoms with Gasteiger partial charge < -0.3 is 4.98 Å². The number of aromatic nitrogens is 1. The molecule has 2 nitrogen and oxygen atoms in total. The summed E-state index contributed by atoms with van der Waals surface area (Å²) in [7, 11) is 0. The Balaban J connectivity index is 2.55. The highest BCUT2D eigenvalue weighted by atomic mass is 32.1. The molecule has 0 atom stereocenters. The highest BCUT2D eigenvalue weighted by Crippen LogP contribution is 2.23. The molecule has 0 unspecified atom stereocenters. The molecule has 0 saturated heterocycles. The molecule has 3 heteroatoms. The molecule has 0 bridgehead atoms. The summed E-state index contributed by atoms with van der Waals surface area (Å²) >= 11 is 1.63. The van der Waals surface area contributed by atoms with Gasteiger partial charge in [0, 0.05) is 17.1 Å². The van der Waals surface area contributed by atoms with Crippen LogP contribution in [0.4, 0.5) is 0 Å². The van der Waals surface area contributed by atoms with Crippen LogP contribution < -0.4 is 0 Å². The molecular formula is C9H6N2S. The van der Waals surface area contributed by atoms with E-state index in [-0.39, 0.29) is 0 Å². The summed E-state index contributed by atoms with van der Waals surface area (Å²) in [6.07, 6.45) is 1.78. The van der Waals surface area contributed by atoms with E-state index in [1.54, 1.807) is 23.6 Å². The minimum atomic E-state index is 0.702. The van der Waals surface area contributed by atoms with Gasteiger partial charge in [0.1, 0.15) is 6.07 Å². The summed E-state index contributed by atoms with van der Waals surface area (Å²) in [5, 5.41) is 12.8. The zero-order chi connectivity index (χ0) is 8.39. The van der Waals surface area contributed by atoms with Crippen molar-refractivity contribution in [2.24, 2.45) is 0 Å². The van der Waals surface area contributed by atoms with Crippen molar-refractivity contribution in [2.45, 2.75) is 0 Å². The van der Waals surface area contributed by atoms with Crippen LogP contribution in [0.3, 0.4) is 0 Å². The number of H-pyrrole nitrogens is 1. The Hall–Kier alpha value is -1.53. The average Bonchev–Trinajstić information content (AvgIpc) is 2.74. The highest BCUT2D eigenvalue weighted by Gasteiger charge is 2.04. The highest BCUT2D eigenvalue weighted by molar-refractivity contribution is 7.08. The van der Waals surface area contributed by atoms with Crippen molar-refractivity contribution in [3.8, 4) is 17.3 Å². The van der Waals surface area contributed by atoms with E-state index in [2.05, 4.69) is 11.1 Å². The second kappa shape index (κ2) is 2.84. The molecule has 1 N–H and O–H groups in total. The molecule has 58 valence electrons. The van der Waals surface area contributed by atoms with Gasteiger partial charge in [-0.25, -0.2) is 0 Å². The smallest absolute Gasteiger partial charge is 0.101 e. The normalized spacial score (nSPS) is 9.58. The van der Waals surface area contributed by atoms with E-state index in [0.29, 0.717) is 5.56 Å². The Bertz CT molecular complexity index is 406.